The Morgan fingerprint density at radius 3 is 2.35 bits per heavy atom. The van der Waals surface area contributed by atoms with Crippen molar-refractivity contribution in [3.8, 4) is 0 Å². The number of alkyl halides is 3. The number of amides is 1. The molecule has 9 heteroatoms. The van der Waals surface area contributed by atoms with Crippen LogP contribution in [0.2, 0.25) is 5.02 Å². The lowest BCUT2D eigenvalue weighted by atomic mass is 9.97. The molecule has 5 nitrogen and oxygen atoms in total. The number of hydrogen-bond acceptors (Lipinski definition) is 3. The summed E-state index contributed by atoms with van der Waals surface area (Å²) in [5.74, 6) is -1.42. The predicted octanol–water partition coefficient (Wildman–Crippen LogP) is 5.65. The fourth-order valence-corrected chi connectivity index (χ4v) is 4.30. The number of carbonyl (C=O) groups excluding carboxylic acids is 1. The molecule has 1 atom stereocenters. The summed E-state index contributed by atoms with van der Waals surface area (Å²) < 4.78 is 40.8. The molecule has 1 heterocycles. The molecule has 4 rings (SSSR count). The SMILES string of the molecule is CN1c2cc(Cl)ccc2N(Cc2ccccc2C(F)(F)F)C(=O)C1Cc1ccc(C(=O)O)cc1. The number of carboxylic acid groups (broad SMARTS) is 1. The average Bonchev–Trinajstić information content (AvgIpc) is 2.79. The van der Waals surface area contributed by atoms with Gasteiger partial charge in [0.1, 0.15) is 6.04 Å². The molecule has 176 valence electrons. The highest BCUT2D eigenvalue weighted by molar-refractivity contribution is 6.31. The number of benzene rings is 3. The molecule has 0 radical (unpaired) electrons. The molecule has 0 spiro atoms. The van der Waals surface area contributed by atoms with E-state index in [9.17, 15) is 22.8 Å². The van der Waals surface area contributed by atoms with E-state index in [-0.39, 0.29) is 30.0 Å². The van der Waals surface area contributed by atoms with Gasteiger partial charge in [-0.2, -0.15) is 13.2 Å². The molecule has 0 saturated heterocycles. The highest BCUT2D eigenvalue weighted by atomic mass is 35.5. The number of likely N-dealkylation sites (N-methyl/N-ethyl adjacent to an activating group) is 1. The predicted molar refractivity (Wildman–Crippen MR) is 123 cm³/mol. The van der Waals surface area contributed by atoms with E-state index >= 15 is 0 Å². The van der Waals surface area contributed by atoms with Gasteiger partial charge in [-0.1, -0.05) is 41.9 Å². The van der Waals surface area contributed by atoms with Crippen molar-refractivity contribution in [1.29, 1.82) is 0 Å². The smallest absolute Gasteiger partial charge is 0.416 e. The molecule has 0 saturated carbocycles. The Labute approximate surface area is 199 Å². The molecule has 0 fully saturated rings. The molecule has 0 aromatic heterocycles. The van der Waals surface area contributed by atoms with Crippen LogP contribution in [0.15, 0.2) is 66.7 Å². The topological polar surface area (TPSA) is 60.9 Å². The second-order valence-electron chi connectivity index (χ2n) is 8.05. The van der Waals surface area contributed by atoms with Gasteiger partial charge in [-0.05, 0) is 47.5 Å². The van der Waals surface area contributed by atoms with Gasteiger partial charge in [0.2, 0.25) is 5.91 Å². The summed E-state index contributed by atoms with van der Waals surface area (Å²) in [5, 5.41) is 9.54. The summed E-state index contributed by atoms with van der Waals surface area (Å²) in [6.45, 7) is -0.258. The van der Waals surface area contributed by atoms with Gasteiger partial charge in [-0.25, -0.2) is 4.79 Å². The first-order valence-electron chi connectivity index (χ1n) is 10.4. The summed E-state index contributed by atoms with van der Waals surface area (Å²) in [4.78, 5) is 27.8. The third-order valence-electron chi connectivity index (χ3n) is 5.91. The highest BCUT2D eigenvalue weighted by Crippen LogP contribution is 2.40. The Kier molecular flexibility index (Phi) is 6.27. The van der Waals surface area contributed by atoms with Crippen LogP contribution in [0.5, 0.6) is 0 Å². The lowest BCUT2D eigenvalue weighted by molar-refractivity contribution is -0.138. The summed E-state index contributed by atoms with van der Waals surface area (Å²) in [6.07, 6.45) is -4.32. The molecule has 0 bridgehead atoms. The zero-order chi connectivity index (χ0) is 24.6. The van der Waals surface area contributed by atoms with E-state index in [2.05, 4.69) is 0 Å². The van der Waals surface area contributed by atoms with Gasteiger partial charge >= 0.3 is 12.1 Å². The van der Waals surface area contributed by atoms with Gasteiger partial charge in [0, 0.05) is 18.5 Å². The van der Waals surface area contributed by atoms with Crippen LogP contribution in [0.1, 0.15) is 27.0 Å². The lowest BCUT2D eigenvalue weighted by Crippen LogP contribution is -2.53. The van der Waals surface area contributed by atoms with Crippen LogP contribution >= 0.6 is 11.6 Å². The summed E-state index contributed by atoms with van der Waals surface area (Å²) in [7, 11) is 1.73. The minimum atomic E-state index is -4.56. The Bertz CT molecular complexity index is 1240. The highest BCUT2D eigenvalue weighted by Gasteiger charge is 2.39. The van der Waals surface area contributed by atoms with Crippen LogP contribution in [0.25, 0.3) is 0 Å². The zero-order valence-corrected chi connectivity index (χ0v) is 18.8. The van der Waals surface area contributed by atoms with Crippen LogP contribution in [-0.4, -0.2) is 30.1 Å². The average molecular weight is 489 g/mol. The number of halogens is 4. The van der Waals surface area contributed by atoms with Crippen molar-refractivity contribution in [1.82, 2.24) is 0 Å². The van der Waals surface area contributed by atoms with Gasteiger partial charge < -0.3 is 14.9 Å². The van der Waals surface area contributed by atoms with E-state index in [0.717, 1.165) is 11.6 Å². The largest absolute Gasteiger partial charge is 0.478 e. The van der Waals surface area contributed by atoms with Crippen molar-refractivity contribution in [3.63, 3.8) is 0 Å². The van der Waals surface area contributed by atoms with Crippen LogP contribution < -0.4 is 9.80 Å². The Morgan fingerprint density at radius 1 is 1.03 bits per heavy atom. The van der Waals surface area contributed by atoms with Crippen molar-refractivity contribution in [2.24, 2.45) is 0 Å². The third kappa shape index (κ3) is 4.59. The lowest BCUT2D eigenvalue weighted by Gasteiger charge is -2.41. The zero-order valence-electron chi connectivity index (χ0n) is 18.0. The van der Waals surface area contributed by atoms with Crippen LogP contribution in [-0.2, 0) is 23.9 Å². The monoisotopic (exact) mass is 488 g/mol. The maximum atomic E-state index is 13.6. The van der Waals surface area contributed by atoms with E-state index in [1.165, 1.54) is 35.2 Å². The minimum Gasteiger partial charge on any atom is -0.478 e. The maximum absolute atomic E-state index is 13.6. The Morgan fingerprint density at radius 2 is 1.71 bits per heavy atom. The van der Waals surface area contributed by atoms with E-state index in [0.29, 0.717) is 16.4 Å². The second kappa shape index (κ2) is 9.02. The molecule has 0 aliphatic carbocycles. The molecule has 3 aromatic carbocycles. The van der Waals surface area contributed by atoms with Crippen molar-refractivity contribution in [3.05, 3.63) is 94.0 Å². The number of hydrogen-bond donors (Lipinski definition) is 1. The number of nitrogens with zero attached hydrogens (tertiary/aromatic N) is 2. The first-order chi connectivity index (χ1) is 16.1. The quantitative estimate of drug-likeness (QED) is 0.504. The number of fused-ring (bicyclic) bond motifs is 1. The van der Waals surface area contributed by atoms with Crippen molar-refractivity contribution < 1.29 is 27.9 Å². The Balaban J connectivity index is 1.73. The maximum Gasteiger partial charge on any atom is 0.416 e. The van der Waals surface area contributed by atoms with E-state index < -0.39 is 23.8 Å². The first kappa shape index (κ1) is 23.6. The molecule has 1 aliphatic heterocycles. The van der Waals surface area contributed by atoms with Crippen LogP contribution in [0.3, 0.4) is 0 Å². The van der Waals surface area contributed by atoms with Gasteiger partial charge in [-0.3, -0.25) is 4.79 Å². The van der Waals surface area contributed by atoms with Crippen molar-refractivity contribution in [2.75, 3.05) is 16.8 Å². The molecule has 1 N–H and O–H groups in total. The molecular weight excluding hydrogens is 469 g/mol. The van der Waals surface area contributed by atoms with E-state index in [4.69, 9.17) is 16.7 Å². The Hall–Kier alpha value is -3.52. The molecule has 1 unspecified atom stereocenters. The van der Waals surface area contributed by atoms with Crippen molar-refractivity contribution >= 4 is 34.9 Å². The first-order valence-corrected chi connectivity index (χ1v) is 10.7. The van der Waals surface area contributed by atoms with Crippen LogP contribution in [0.4, 0.5) is 24.5 Å². The summed E-state index contributed by atoms with van der Waals surface area (Å²) >= 11 is 6.19. The third-order valence-corrected chi connectivity index (χ3v) is 6.14. The number of rotatable bonds is 5. The summed E-state index contributed by atoms with van der Waals surface area (Å²) in [6, 6.07) is 15.5. The second-order valence-corrected chi connectivity index (χ2v) is 8.48. The van der Waals surface area contributed by atoms with Gasteiger partial charge in [0.25, 0.3) is 0 Å². The number of aromatic carboxylic acids is 1. The van der Waals surface area contributed by atoms with Gasteiger partial charge in [-0.15, -0.1) is 0 Å². The number of carbonyl (C=O) groups is 2. The van der Waals surface area contributed by atoms with Crippen LogP contribution in [0, 0.1) is 0 Å². The molecule has 34 heavy (non-hydrogen) atoms. The van der Waals surface area contributed by atoms with E-state index in [1.807, 2.05) is 0 Å². The number of anilines is 2. The normalized spacial score (nSPS) is 15.9. The number of carboxylic acids is 1. The summed E-state index contributed by atoms with van der Waals surface area (Å²) in [5.41, 5.74) is 1.11. The standard InChI is InChI=1S/C25H20ClF3N2O3/c1-30-21-13-18(26)10-11-20(21)31(14-17-4-2-3-5-19(17)25(27,28)29)23(32)22(30)12-15-6-8-16(9-7-15)24(33)34/h2-11,13,22H,12,14H2,1H3,(H,33,34). The molecule has 1 amide bonds. The fraction of sp³-hybridized carbons (Fsp3) is 0.200. The van der Waals surface area contributed by atoms with E-state index in [1.54, 1.807) is 42.3 Å². The molecule has 3 aromatic rings. The van der Waals surface area contributed by atoms with Gasteiger partial charge in [0.15, 0.2) is 0 Å². The molecule has 1 aliphatic rings. The van der Waals surface area contributed by atoms with Gasteiger partial charge in [0.05, 0.1) is 29.0 Å². The molecular formula is C25H20ClF3N2O3. The minimum absolute atomic E-state index is 0.0154. The fourth-order valence-electron chi connectivity index (χ4n) is 4.14. The van der Waals surface area contributed by atoms with Crippen molar-refractivity contribution in [2.45, 2.75) is 25.2 Å².